The van der Waals surface area contributed by atoms with Gasteiger partial charge in [-0.15, -0.1) is 0 Å². The smallest absolute Gasteiger partial charge is 0.242 e. The van der Waals surface area contributed by atoms with E-state index in [0.717, 1.165) is 0 Å². The van der Waals surface area contributed by atoms with Crippen molar-refractivity contribution in [2.75, 3.05) is 13.1 Å². The maximum Gasteiger partial charge on any atom is 0.242 e. The molecule has 1 aliphatic heterocycles. The van der Waals surface area contributed by atoms with Crippen molar-refractivity contribution >= 4 is 11.8 Å². The van der Waals surface area contributed by atoms with Gasteiger partial charge in [-0.25, -0.2) is 0 Å². The second-order valence-electron chi connectivity index (χ2n) is 4.56. The summed E-state index contributed by atoms with van der Waals surface area (Å²) in [7, 11) is 0. The highest BCUT2D eigenvalue weighted by Gasteiger charge is 2.31. The van der Waals surface area contributed by atoms with Crippen LogP contribution >= 0.6 is 0 Å². The number of carbonyl (C=O) groups is 2. The first-order valence-electron chi connectivity index (χ1n) is 5.75. The Balaban J connectivity index is 1.89. The fourth-order valence-electron chi connectivity index (χ4n) is 2.18. The van der Waals surface area contributed by atoms with Crippen LogP contribution in [0.1, 0.15) is 32.6 Å². The second-order valence-corrected chi connectivity index (χ2v) is 4.56. The van der Waals surface area contributed by atoms with E-state index in [-0.39, 0.29) is 17.9 Å². The molecule has 2 amide bonds. The van der Waals surface area contributed by atoms with E-state index in [4.69, 9.17) is 0 Å². The highest BCUT2D eigenvalue weighted by molar-refractivity contribution is 5.88. The zero-order valence-corrected chi connectivity index (χ0v) is 9.16. The first kappa shape index (κ1) is 10.5. The summed E-state index contributed by atoms with van der Waals surface area (Å²) in [5, 5.41) is 2.77. The Bertz CT molecular complexity index is 274. The Morgan fingerprint density at radius 2 is 2.27 bits per heavy atom. The molecule has 0 aromatic heterocycles. The van der Waals surface area contributed by atoms with Crippen molar-refractivity contribution < 1.29 is 9.59 Å². The number of hydrogen-bond donors (Lipinski definition) is 1. The monoisotopic (exact) mass is 210 g/mol. The molecular formula is C11H18N2O2. The molecule has 2 rings (SSSR count). The van der Waals surface area contributed by atoms with Gasteiger partial charge in [0.2, 0.25) is 11.8 Å². The Hall–Kier alpha value is -1.06. The summed E-state index contributed by atoms with van der Waals surface area (Å²) in [4.78, 5) is 25.0. The third-order valence-electron chi connectivity index (χ3n) is 3.51. The molecule has 0 bridgehead atoms. The molecule has 15 heavy (non-hydrogen) atoms. The summed E-state index contributed by atoms with van der Waals surface area (Å²) in [5.41, 5.74) is 0. The molecule has 1 atom stereocenters. The standard InChI is InChI=1S/C11H18N2O2/c1-8-11(15)12-5-6-13(8)10(14)7-9-3-2-4-9/h8-9H,2-7H2,1H3,(H,12,15). The number of hydrogen-bond acceptors (Lipinski definition) is 2. The van der Waals surface area contributed by atoms with E-state index in [1.807, 2.05) is 0 Å². The number of rotatable bonds is 2. The van der Waals surface area contributed by atoms with Crippen LogP contribution in [0.3, 0.4) is 0 Å². The number of amides is 2. The van der Waals surface area contributed by atoms with Gasteiger partial charge in [-0.1, -0.05) is 6.42 Å². The average Bonchev–Trinajstić information content (AvgIpc) is 2.15. The van der Waals surface area contributed by atoms with Crippen molar-refractivity contribution in [2.24, 2.45) is 5.92 Å². The van der Waals surface area contributed by atoms with Gasteiger partial charge in [0.25, 0.3) is 0 Å². The molecule has 1 heterocycles. The zero-order valence-electron chi connectivity index (χ0n) is 9.16. The van der Waals surface area contributed by atoms with Gasteiger partial charge in [0.1, 0.15) is 6.04 Å². The van der Waals surface area contributed by atoms with Crippen LogP contribution in [0.5, 0.6) is 0 Å². The molecule has 4 nitrogen and oxygen atoms in total. The topological polar surface area (TPSA) is 49.4 Å². The predicted molar refractivity (Wildman–Crippen MR) is 56.1 cm³/mol. The molecule has 0 spiro atoms. The van der Waals surface area contributed by atoms with E-state index in [2.05, 4.69) is 5.32 Å². The van der Waals surface area contributed by atoms with Crippen molar-refractivity contribution in [3.8, 4) is 0 Å². The van der Waals surface area contributed by atoms with Gasteiger partial charge in [-0.2, -0.15) is 0 Å². The minimum absolute atomic E-state index is 0.0248. The average molecular weight is 210 g/mol. The van der Waals surface area contributed by atoms with Gasteiger partial charge in [0, 0.05) is 19.5 Å². The third-order valence-corrected chi connectivity index (χ3v) is 3.51. The third kappa shape index (κ3) is 2.13. The Morgan fingerprint density at radius 3 is 2.87 bits per heavy atom. The van der Waals surface area contributed by atoms with E-state index in [0.29, 0.717) is 25.4 Å². The minimum atomic E-state index is -0.286. The number of nitrogens with zero attached hydrogens (tertiary/aromatic N) is 1. The maximum absolute atomic E-state index is 11.9. The van der Waals surface area contributed by atoms with Crippen LogP contribution < -0.4 is 5.32 Å². The summed E-state index contributed by atoms with van der Waals surface area (Å²) < 4.78 is 0. The second kappa shape index (κ2) is 4.21. The van der Waals surface area contributed by atoms with Gasteiger partial charge >= 0.3 is 0 Å². The molecule has 1 unspecified atom stereocenters. The molecule has 0 aromatic carbocycles. The summed E-state index contributed by atoms with van der Waals surface area (Å²) in [6.07, 6.45) is 4.26. The van der Waals surface area contributed by atoms with Crippen molar-refractivity contribution in [3.63, 3.8) is 0 Å². The van der Waals surface area contributed by atoms with Crippen molar-refractivity contribution in [1.82, 2.24) is 10.2 Å². The molecule has 0 aromatic rings. The molecule has 1 saturated carbocycles. The largest absolute Gasteiger partial charge is 0.353 e. The van der Waals surface area contributed by atoms with Gasteiger partial charge in [-0.05, 0) is 25.7 Å². The summed E-state index contributed by atoms with van der Waals surface area (Å²) in [6, 6.07) is -0.286. The van der Waals surface area contributed by atoms with Crippen LogP contribution in [-0.4, -0.2) is 35.8 Å². The number of piperazine rings is 1. The Morgan fingerprint density at radius 1 is 1.53 bits per heavy atom. The fourth-order valence-corrected chi connectivity index (χ4v) is 2.18. The lowest BCUT2D eigenvalue weighted by Crippen LogP contribution is -2.56. The SMILES string of the molecule is CC1C(=O)NCCN1C(=O)CC1CCC1. The van der Waals surface area contributed by atoms with E-state index < -0.39 is 0 Å². The molecular weight excluding hydrogens is 192 g/mol. The van der Waals surface area contributed by atoms with Gasteiger partial charge in [-0.3, -0.25) is 9.59 Å². The van der Waals surface area contributed by atoms with Crippen LogP contribution in [0.25, 0.3) is 0 Å². The lowest BCUT2D eigenvalue weighted by Gasteiger charge is -2.35. The summed E-state index contributed by atoms with van der Waals surface area (Å²) >= 11 is 0. The van der Waals surface area contributed by atoms with Crippen molar-refractivity contribution in [3.05, 3.63) is 0 Å². The highest BCUT2D eigenvalue weighted by Crippen LogP contribution is 2.30. The molecule has 2 fully saturated rings. The van der Waals surface area contributed by atoms with Crippen LogP contribution in [0.2, 0.25) is 0 Å². The van der Waals surface area contributed by atoms with E-state index in [9.17, 15) is 9.59 Å². The first-order chi connectivity index (χ1) is 7.18. The Labute approximate surface area is 90.0 Å². The molecule has 1 aliphatic carbocycles. The molecule has 1 saturated heterocycles. The van der Waals surface area contributed by atoms with E-state index >= 15 is 0 Å². The quantitative estimate of drug-likeness (QED) is 0.722. The van der Waals surface area contributed by atoms with E-state index in [1.165, 1.54) is 19.3 Å². The fraction of sp³-hybridized carbons (Fsp3) is 0.818. The van der Waals surface area contributed by atoms with E-state index in [1.54, 1.807) is 11.8 Å². The summed E-state index contributed by atoms with van der Waals surface area (Å²) in [6.45, 7) is 3.06. The highest BCUT2D eigenvalue weighted by atomic mass is 16.2. The van der Waals surface area contributed by atoms with Gasteiger partial charge in [0.15, 0.2) is 0 Å². The lowest BCUT2D eigenvalue weighted by molar-refractivity contribution is -0.143. The number of nitrogens with one attached hydrogen (secondary N) is 1. The summed E-state index contributed by atoms with van der Waals surface area (Å²) in [5.74, 6) is 0.708. The van der Waals surface area contributed by atoms with Crippen LogP contribution in [0, 0.1) is 5.92 Å². The normalized spacial score (nSPS) is 27.1. The predicted octanol–water partition coefficient (Wildman–Crippen LogP) is 0.523. The zero-order chi connectivity index (χ0) is 10.8. The number of carbonyl (C=O) groups excluding carboxylic acids is 2. The minimum Gasteiger partial charge on any atom is -0.353 e. The van der Waals surface area contributed by atoms with Crippen molar-refractivity contribution in [1.29, 1.82) is 0 Å². The Kier molecular flexibility index (Phi) is 2.93. The maximum atomic E-state index is 11.9. The van der Waals surface area contributed by atoms with Gasteiger partial charge < -0.3 is 10.2 Å². The van der Waals surface area contributed by atoms with Crippen LogP contribution in [-0.2, 0) is 9.59 Å². The van der Waals surface area contributed by atoms with Crippen LogP contribution in [0.4, 0.5) is 0 Å². The molecule has 84 valence electrons. The van der Waals surface area contributed by atoms with Crippen molar-refractivity contribution in [2.45, 2.75) is 38.6 Å². The van der Waals surface area contributed by atoms with Gasteiger partial charge in [0.05, 0.1) is 0 Å². The molecule has 2 aliphatic rings. The molecule has 4 heteroatoms. The lowest BCUT2D eigenvalue weighted by atomic mass is 9.82. The van der Waals surface area contributed by atoms with Crippen LogP contribution in [0.15, 0.2) is 0 Å². The molecule has 0 radical (unpaired) electrons. The first-order valence-corrected chi connectivity index (χ1v) is 5.75. The molecule has 1 N–H and O–H groups in total.